The smallest absolute Gasteiger partial charge is 0.258 e. The average molecular weight is 158 g/mol. The maximum Gasteiger partial charge on any atom is 0.306 e. The highest BCUT2D eigenvalue weighted by Gasteiger charge is 2.09. The monoisotopic (exact) mass is 157 g/mol. The Morgan fingerprint density at radius 1 is 1.80 bits per heavy atom. The predicted octanol–water partition coefficient (Wildman–Crippen LogP) is 1.44. The Balaban J connectivity index is 3.15. The van der Waals surface area contributed by atoms with Crippen molar-refractivity contribution in [1.29, 1.82) is 0 Å². The van der Waals surface area contributed by atoms with Crippen molar-refractivity contribution in [2.75, 3.05) is 0 Å². The summed E-state index contributed by atoms with van der Waals surface area (Å²) in [5.41, 5.74) is -0.194. The molecular weight excluding hydrogens is 156 g/mol. The van der Waals surface area contributed by atoms with E-state index in [1.165, 1.54) is 6.07 Å². The van der Waals surface area contributed by atoms with E-state index < -0.39 is 4.92 Å². The zero-order valence-electron chi connectivity index (χ0n) is 4.74. The van der Waals surface area contributed by atoms with Crippen LogP contribution in [0.5, 0.6) is 0 Å². The molecule has 0 spiro atoms. The second kappa shape index (κ2) is 2.62. The standard InChI is InChI=1S/C5H2ClN2O2/c6-4-1-2-7-3-5(4)8(9)10/h1,3H. The molecule has 1 radical (unpaired) electrons. The molecule has 1 heterocycles. The van der Waals surface area contributed by atoms with E-state index in [1.807, 2.05) is 0 Å². The van der Waals surface area contributed by atoms with Gasteiger partial charge in [-0.1, -0.05) is 11.6 Å². The van der Waals surface area contributed by atoms with Crippen molar-refractivity contribution in [3.63, 3.8) is 0 Å². The van der Waals surface area contributed by atoms with E-state index in [-0.39, 0.29) is 10.7 Å². The van der Waals surface area contributed by atoms with Gasteiger partial charge >= 0.3 is 5.69 Å². The topological polar surface area (TPSA) is 56.0 Å². The van der Waals surface area contributed by atoms with Gasteiger partial charge in [0.2, 0.25) is 0 Å². The predicted molar refractivity (Wildman–Crippen MR) is 34.7 cm³/mol. The maximum atomic E-state index is 10.1. The lowest BCUT2D eigenvalue weighted by atomic mass is 10.4. The van der Waals surface area contributed by atoms with Gasteiger partial charge in [0.05, 0.1) is 11.1 Å². The number of aromatic nitrogens is 1. The quantitative estimate of drug-likeness (QED) is 0.458. The molecule has 0 aliphatic heterocycles. The first-order chi connectivity index (χ1) is 4.72. The van der Waals surface area contributed by atoms with E-state index in [4.69, 9.17) is 11.6 Å². The first kappa shape index (κ1) is 6.95. The van der Waals surface area contributed by atoms with Crippen molar-refractivity contribution < 1.29 is 4.92 Å². The number of hydrogen-bond acceptors (Lipinski definition) is 3. The molecule has 0 saturated carbocycles. The maximum absolute atomic E-state index is 10.1. The summed E-state index contributed by atoms with van der Waals surface area (Å²) < 4.78 is 0. The summed E-state index contributed by atoms with van der Waals surface area (Å²) in [5, 5.41) is 10.1. The molecular formula is C5H2ClN2O2. The fourth-order valence-corrected chi connectivity index (χ4v) is 0.629. The Morgan fingerprint density at radius 3 is 2.90 bits per heavy atom. The third kappa shape index (κ3) is 1.22. The molecule has 0 amide bonds. The summed E-state index contributed by atoms with van der Waals surface area (Å²) in [6.45, 7) is 0. The highest BCUT2D eigenvalue weighted by molar-refractivity contribution is 6.32. The summed E-state index contributed by atoms with van der Waals surface area (Å²) in [7, 11) is 0. The van der Waals surface area contributed by atoms with Crippen LogP contribution in [0, 0.1) is 16.3 Å². The van der Waals surface area contributed by atoms with Crippen molar-refractivity contribution >= 4 is 17.3 Å². The fourth-order valence-electron chi connectivity index (χ4n) is 0.462. The lowest BCUT2D eigenvalue weighted by Crippen LogP contribution is -1.88. The Labute approximate surface area is 61.6 Å². The Bertz CT molecular complexity index is 264. The van der Waals surface area contributed by atoms with Crippen LogP contribution in [0.1, 0.15) is 0 Å². The molecule has 0 saturated heterocycles. The van der Waals surface area contributed by atoms with Crippen LogP contribution >= 0.6 is 11.6 Å². The van der Waals surface area contributed by atoms with Crippen molar-refractivity contribution in [3.05, 3.63) is 33.6 Å². The Kier molecular flexibility index (Phi) is 1.82. The van der Waals surface area contributed by atoms with E-state index in [1.54, 1.807) is 0 Å². The summed E-state index contributed by atoms with van der Waals surface area (Å²) >= 11 is 5.41. The Hall–Kier alpha value is -1.16. The van der Waals surface area contributed by atoms with Crippen molar-refractivity contribution in [3.8, 4) is 0 Å². The summed E-state index contributed by atoms with van der Waals surface area (Å²) in [6, 6.07) is 1.25. The largest absolute Gasteiger partial charge is 0.306 e. The van der Waals surface area contributed by atoms with Gasteiger partial charge in [-0.05, 0) is 6.07 Å². The summed E-state index contributed by atoms with van der Waals surface area (Å²) in [6.07, 6.45) is 3.43. The summed E-state index contributed by atoms with van der Waals surface area (Å²) in [4.78, 5) is 12.9. The molecule has 0 N–H and O–H groups in total. The van der Waals surface area contributed by atoms with Gasteiger partial charge in [-0.25, -0.2) is 4.98 Å². The average Bonchev–Trinajstić information content (AvgIpc) is 1.88. The van der Waals surface area contributed by atoms with Crippen molar-refractivity contribution in [1.82, 2.24) is 4.98 Å². The molecule has 1 rings (SSSR count). The van der Waals surface area contributed by atoms with Crippen LogP contribution in [0.25, 0.3) is 0 Å². The molecule has 10 heavy (non-hydrogen) atoms. The second-order valence-electron chi connectivity index (χ2n) is 1.52. The van der Waals surface area contributed by atoms with Crippen LogP contribution in [0.2, 0.25) is 5.02 Å². The minimum Gasteiger partial charge on any atom is -0.258 e. The van der Waals surface area contributed by atoms with Gasteiger partial charge in [0.15, 0.2) is 0 Å². The molecule has 0 aromatic carbocycles. The molecule has 0 aliphatic carbocycles. The minimum absolute atomic E-state index is 0.0556. The zero-order chi connectivity index (χ0) is 7.56. The highest BCUT2D eigenvalue weighted by Crippen LogP contribution is 2.20. The lowest BCUT2D eigenvalue weighted by Gasteiger charge is -1.89. The minimum atomic E-state index is -0.594. The molecule has 0 bridgehead atoms. The SMILES string of the molecule is O=[N+]([O-])c1cn[c]cc1Cl. The van der Waals surface area contributed by atoms with Gasteiger partial charge in [0.1, 0.15) is 11.2 Å². The molecule has 0 fully saturated rings. The first-order valence-electron chi connectivity index (χ1n) is 2.38. The molecule has 4 nitrogen and oxygen atoms in total. The number of pyridine rings is 1. The van der Waals surface area contributed by atoms with Crippen LogP contribution in [0.3, 0.4) is 0 Å². The summed E-state index contributed by atoms with van der Waals surface area (Å²) in [5.74, 6) is 0. The second-order valence-corrected chi connectivity index (χ2v) is 1.93. The number of rotatable bonds is 1. The number of nitrogens with zero attached hydrogens (tertiary/aromatic N) is 2. The van der Waals surface area contributed by atoms with Gasteiger partial charge in [0.25, 0.3) is 0 Å². The normalized spacial score (nSPS) is 9.30. The highest BCUT2D eigenvalue weighted by atomic mass is 35.5. The number of nitro groups is 1. The number of hydrogen-bond donors (Lipinski definition) is 0. The van der Waals surface area contributed by atoms with Crippen molar-refractivity contribution in [2.24, 2.45) is 0 Å². The first-order valence-corrected chi connectivity index (χ1v) is 2.75. The van der Waals surface area contributed by atoms with E-state index in [2.05, 4.69) is 11.2 Å². The van der Waals surface area contributed by atoms with E-state index in [0.717, 1.165) is 6.20 Å². The van der Waals surface area contributed by atoms with Gasteiger partial charge in [-0.3, -0.25) is 10.1 Å². The Morgan fingerprint density at radius 2 is 2.50 bits per heavy atom. The van der Waals surface area contributed by atoms with Crippen LogP contribution < -0.4 is 0 Å². The third-order valence-electron chi connectivity index (χ3n) is 0.894. The fraction of sp³-hybridized carbons (Fsp3) is 0. The van der Waals surface area contributed by atoms with Crippen molar-refractivity contribution in [2.45, 2.75) is 0 Å². The van der Waals surface area contributed by atoms with Crippen LogP contribution in [-0.4, -0.2) is 9.91 Å². The molecule has 5 heteroatoms. The van der Waals surface area contributed by atoms with E-state index in [0.29, 0.717) is 0 Å². The van der Waals surface area contributed by atoms with E-state index >= 15 is 0 Å². The number of halogens is 1. The van der Waals surface area contributed by atoms with Crippen LogP contribution in [-0.2, 0) is 0 Å². The molecule has 0 aliphatic rings. The molecule has 1 aromatic heterocycles. The van der Waals surface area contributed by atoms with Gasteiger partial charge in [0, 0.05) is 0 Å². The molecule has 51 valence electrons. The zero-order valence-corrected chi connectivity index (χ0v) is 5.50. The van der Waals surface area contributed by atoms with Crippen LogP contribution in [0.4, 0.5) is 5.69 Å². The van der Waals surface area contributed by atoms with Gasteiger partial charge in [-0.2, -0.15) is 0 Å². The molecule has 1 aromatic rings. The molecule has 0 unspecified atom stereocenters. The lowest BCUT2D eigenvalue weighted by molar-refractivity contribution is -0.385. The van der Waals surface area contributed by atoms with E-state index in [9.17, 15) is 10.1 Å². The van der Waals surface area contributed by atoms with Gasteiger partial charge < -0.3 is 0 Å². The molecule has 0 atom stereocenters. The van der Waals surface area contributed by atoms with Gasteiger partial charge in [-0.15, -0.1) is 0 Å². The van der Waals surface area contributed by atoms with Crippen LogP contribution in [0.15, 0.2) is 12.3 Å². The third-order valence-corrected chi connectivity index (χ3v) is 1.20.